The van der Waals surface area contributed by atoms with E-state index in [0.717, 1.165) is 25.1 Å². The molecule has 0 spiro atoms. The first-order valence-electron chi connectivity index (χ1n) is 6.33. The van der Waals surface area contributed by atoms with E-state index in [-0.39, 0.29) is 5.91 Å². The summed E-state index contributed by atoms with van der Waals surface area (Å²) in [4.78, 5) is 15.8. The molecule has 98 valence electrons. The van der Waals surface area contributed by atoms with E-state index in [1.54, 1.807) is 4.90 Å². The minimum absolute atomic E-state index is 0.0731. The molecule has 4 heteroatoms. The summed E-state index contributed by atoms with van der Waals surface area (Å²) in [6.07, 6.45) is 1.65. The first-order chi connectivity index (χ1) is 8.53. The Labute approximate surface area is 108 Å². The Morgan fingerprint density at radius 2 is 1.83 bits per heavy atom. The quantitative estimate of drug-likeness (QED) is 0.847. The lowest BCUT2D eigenvalue weighted by atomic mass is 10.2. The van der Waals surface area contributed by atoms with Gasteiger partial charge in [0, 0.05) is 32.9 Å². The van der Waals surface area contributed by atoms with Gasteiger partial charge in [0.1, 0.15) is 0 Å². The number of likely N-dealkylation sites (N-methyl/N-ethyl adjacent to an activating group) is 2. The Balaban J connectivity index is 1.83. The van der Waals surface area contributed by atoms with Gasteiger partial charge in [-0.2, -0.15) is 0 Å². The fraction of sp³-hybridized carbons (Fsp3) is 0.500. The van der Waals surface area contributed by atoms with Gasteiger partial charge < -0.3 is 15.5 Å². The van der Waals surface area contributed by atoms with Gasteiger partial charge in [-0.25, -0.2) is 0 Å². The van der Waals surface area contributed by atoms with Gasteiger partial charge >= 0.3 is 0 Å². The Bertz CT molecular complexity index is 414. The van der Waals surface area contributed by atoms with Crippen molar-refractivity contribution in [1.29, 1.82) is 0 Å². The fourth-order valence-electron chi connectivity index (χ4n) is 1.94. The first kappa shape index (κ1) is 12.9. The summed E-state index contributed by atoms with van der Waals surface area (Å²) in [5.41, 5.74) is 6.51. The lowest BCUT2D eigenvalue weighted by Gasteiger charge is -2.25. The highest BCUT2D eigenvalue weighted by Crippen LogP contribution is 2.33. The molecule has 1 fully saturated rings. The third-order valence-corrected chi connectivity index (χ3v) is 3.53. The van der Waals surface area contributed by atoms with Crippen LogP contribution in [0.5, 0.6) is 0 Å². The van der Waals surface area contributed by atoms with E-state index in [9.17, 15) is 4.79 Å². The van der Waals surface area contributed by atoms with Crippen molar-refractivity contribution >= 4 is 11.6 Å². The van der Waals surface area contributed by atoms with E-state index in [0.29, 0.717) is 6.54 Å². The molecule has 1 aliphatic rings. The Hall–Kier alpha value is -1.55. The van der Waals surface area contributed by atoms with Crippen molar-refractivity contribution in [3.8, 4) is 0 Å². The lowest BCUT2D eigenvalue weighted by Crippen LogP contribution is -2.46. The van der Waals surface area contributed by atoms with Crippen molar-refractivity contribution in [3.05, 3.63) is 30.3 Å². The lowest BCUT2D eigenvalue weighted by molar-refractivity contribution is -0.132. The number of anilines is 1. The molecule has 2 N–H and O–H groups in total. The summed E-state index contributed by atoms with van der Waals surface area (Å²) >= 11 is 0. The highest BCUT2D eigenvalue weighted by atomic mass is 16.2. The SMILES string of the molecule is CN(CCN(C)c1ccccc1)C(=O)C1(N)CC1. The second kappa shape index (κ2) is 4.98. The first-order valence-corrected chi connectivity index (χ1v) is 6.33. The van der Waals surface area contributed by atoms with Gasteiger partial charge in [0.05, 0.1) is 5.54 Å². The van der Waals surface area contributed by atoms with Gasteiger partial charge in [-0.1, -0.05) is 18.2 Å². The number of benzene rings is 1. The average molecular weight is 247 g/mol. The molecule has 2 rings (SSSR count). The van der Waals surface area contributed by atoms with Crippen LogP contribution in [0.3, 0.4) is 0 Å². The molecule has 0 saturated heterocycles. The average Bonchev–Trinajstić information content (AvgIpc) is 3.15. The van der Waals surface area contributed by atoms with Crippen molar-refractivity contribution in [1.82, 2.24) is 4.90 Å². The molecule has 0 atom stereocenters. The molecule has 1 aromatic carbocycles. The maximum absolute atomic E-state index is 12.0. The van der Waals surface area contributed by atoms with Crippen molar-refractivity contribution in [2.75, 3.05) is 32.1 Å². The molecule has 18 heavy (non-hydrogen) atoms. The number of carbonyl (C=O) groups excluding carboxylic acids is 1. The molecule has 1 amide bonds. The summed E-state index contributed by atoms with van der Waals surface area (Å²) in [6, 6.07) is 10.2. The minimum Gasteiger partial charge on any atom is -0.373 e. The van der Waals surface area contributed by atoms with Crippen LogP contribution in [0.25, 0.3) is 0 Å². The van der Waals surface area contributed by atoms with Crippen LogP contribution in [0.1, 0.15) is 12.8 Å². The van der Waals surface area contributed by atoms with Crippen LogP contribution in [0.15, 0.2) is 30.3 Å². The fourth-order valence-corrected chi connectivity index (χ4v) is 1.94. The Morgan fingerprint density at radius 3 is 2.39 bits per heavy atom. The molecule has 1 aliphatic carbocycles. The normalized spacial score (nSPS) is 16.2. The maximum Gasteiger partial charge on any atom is 0.242 e. The smallest absolute Gasteiger partial charge is 0.242 e. The van der Waals surface area contributed by atoms with Gasteiger partial charge in [-0.05, 0) is 25.0 Å². The monoisotopic (exact) mass is 247 g/mol. The number of carbonyl (C=O) groups is 1. The summed E-state index contributed by atoms with van der Waals surface area (Å²) < 4.78 is 0. The predicted octanol–water partition coefficient (Wildman–Crippen LogP) is 1.07. The van der Waals surface area contributed by atoms with E-state index in [1.165, 1.54) is 0 Å². The van der Waals surface area contributed by atoms with Crippen LogP contribution in [0, 0.1) is 0 Å². The molecule has 1 aromatic rings. The second-order valence-electron chi connectivity index (χ2n) is 5.14. The van der Waals surface area contributed by atoms with Gasteiger partial charge in [0.2, 0.25) is 5.91 Å². The molecule has 0 aromatic heterocycles. The van der Waals surface area contributed by atoms with Gasteiger partial charge in [0.15, 0.2) is 0 Å². The Kier molecular flexibility index (Phi) is 3.57. The molecule has 1 saturated carbocycles. The van der Waals surface area contributed by atoms with Gasteiger partial charge in [-0.15, -0.1) is 0 Å². The molecule has 4 nitrogen and oxygen atoms in total. The zero-order chi connectivity index (χ0) is 13.2. The Morgan fingerprint density at radius 1 is 1.22 bits per heavy atom. The van der Waals surface area contributed by atoms with Crippen LogP contribution in [-0.4, -0.2) is 43.5 Å². The number of hydrogen-bond donors (Lipinski definition) is 1. The van der Waals surface area contributed by atoms with Crippen molar-refractivity contribution in [2.45, 2.75) is 18.4 Å². The number of nitrogens with zero attached hydrogens (tertiary/aromatic N) is 2. The predicted molar refractivity (Wildman–Crippen MR) is 73.5 cm³/mol. The van der Waals surface area contributed by atoms with Crippen LogP contribution in [0.4, 0.5) is 5.69 Å². The highest BCUT2D eigenvalue weighted by Gasteiger charge is 2.47. The van der Waals surface area contributed by atoms with E-state index in [4.69, 9.17) is 5.73 Å². The summed E-state index contributed by atoms with van der Waals surface area (Å²) in [5, 5.41) is 0. The molecule has 0 unspecified atom stereocenters. The third-order valence-electron chi connectivity index (χ3n) is 3.53. The van der Waals surface area contributed by atoms with Crippen LogP contribution in [-0.2, 0) is 4.79 Å². The molecule has 0 radical (unpaired) electrons. The van der Waals surface area contributed by atoms with E-state index in [1.807, 2.05) is 32.3 Å². The third kappa shape index (κ3) is 2.82. The summed E-state index contributed by atoms with van der Waals surface area (Å²) in [6.45, 7) is 1.51. The van der Waals surface area contributed by atoms with Crippen molar-refractivity contribution in [2.24, 2.45) is 5.73 Å². The van der Waals surface area contributed by atoms with Gasteiger partial charge in [0.25, 0.3) is 0 Å². The zero-order valence-corrected chi connectivity index (χ0v) is 11.1. The standard InChI is InChI=1S/C14H21N3O/c1-16(12-6-4-3-5-7-12)10-11-17(2)13(18)14(15)8-9-14/h3-7H,8-11,15H2,1-2H3. The number of para-hydroxylation sites is 1. The summed E-state index contributed by atoms with van der Waals surface area (Å²) in [5.74, 6) is 0.0731. The number of hydrogen-bond acceptors (Lipinski definition) is 3. The number of nitrogens with two attached hydrogens (primary N) is 1. The van der Waals surface area contributed by atoms with E-state index >= 15 is 0 Å². The van der Waals surface area contributed by atoms with E-state index < -0.39 is 5.54 Å². The minimum atomic E-state index is -0.555. The second-order valence-corrected chi connectivity index (χ2v) is 5.14. The van der Waals surface area contributed by atoms with Crippen molar-refractivity contribution in [3.63, 3.8) is 0 Å². The number of amides is 1. The summed E-state index contributed by atoms with van der Waals surface area (Å²) in [7, 11) is 3.86. The van der Waals surface area contributed by atoms with Crippen LogP contribution >= 0.6 is 0 Å². The number of rotatable bonds is 5. The molecule has 0 bridgehead atoms. The largest absolute Gasteiger partial charge is 0.373 e. The molecular formula is C14H21N3O. The molecular weight excluding hydrogens is 226 g/mol. The topological polar surface area (TPSA) is 49.6 Å². The highest BCUT2D eigenvalue weighted by molar-refractivity contribution is 5.88. The van der Waals surface area contributed by atoms with E-state index in [2.05, 4.69) is 17.0 Å². The maximum atomic E-state index is 12.0. The van der Waals surface area contributed by atoms with Gasteiger partial charge in [-0.3, -0.25) is 4.79 Å². The van der Waals surface area contributed by atoms with Crippen LogP contribution < -0.4 is 10.6 Å². The zero-order valence-electron chi connectivity index (χ0n) is 11.1. The molecule has 0 heterocycles. The van der Waals surface area contributed by atoms with Crippen LogP contribution in [0.2, 0.25) is 0 Å². The van der Waals surface area contributed by atoms with Crippen molar-refractivity contribution < 1.29 is 4.79 Å². The molecule has 0 aliphatic heterocycles.